The molecule has 0 spiro atoms. The zero-order valence-electron chi connectivity index (χ0n) is 15.2. The van der Waals surface area contributed by atoms with E-state index in [9.17, 15) is 13.2 Å². The predicted molar refractivity (Wildman–Crippen MR) is 98.0 cm³/mol. The standard InChI is InChI=1S/C18H22ClNO5S/c1-5-24-16(21)10-8-11(9-10)26(22,23)15-12(19)6-7-13-14(15)25-17(20-13)18(2,3)4/h6-7,10-11H,5,8-9H2,1-4H3. The van der Waals surface area contributed by atoms with Crippen molar-refractivity contribution in [2.75, 3.05) is 6.61 Å². The highest BCUT2D eigenvalue weighted by atomic mass is 35.5. The van der Waals surface area contributed by atoms with Gasteiger partial charge in [-0.15, -0.1) is 0 Å². The molecule has 6 nitrogen and oxygen atoms in total. The molecule has 0 atom stereocenters. The number of esters is 1. The second kappa shape index (κ2) is 6.53. The van der Waals surface area contributed by atoms with Crippen LogP contribution in [0.2, 0.25) is 5.02 Å². The largest absolute Gasteiger partial charge is 0.466 e. The molecule has 0 radical (unpaired) electrons. The molecule has 0 unspecified atom stereocenters. The minimum absolute atomic E-state index is 0.0352. The first-order valence-electron chi connectivity index (χ1n) is 8.55. The quantitative estimate of drug-likeness (QED) is 0.725. The third-order valence-corrected chi connectivity index (χ3v) is 7.21. The van der Waals surface area contributed by atoms with Crippen LogP contribution in [0, 0.1) is 5.92 Å². The van der Waals surface area contributed by atoms with Crippen molar-refractivity contribution in [1.82, 2.24) is 4.98 Å². The van der Waals surface area contributed by atoms with Gasteiger partial charge in [0.15, 0.2) is 15.4 Å². The predicted octanol–water partition coefficient (Wildman–Crippen LogP) is 3.89. The molecule has 26 heavy (non-hydrogen) atoms. The second-order valence-electron chi connectivity index (χ2n) is 7.58. The summed E-state index contributed by atoms with van der Waals surface area (Å²) < 4.78 is 37.0. The van der Waals surface area contributed by atoms with E-state index in [1.54, 1.807) is 13.0 Å². The Hall–Kier alpha value is -1.60. The van der Waals surface area contributed by atoms with Gasteiger partial charge < -0.3 is 9.15 Å². The summed E-state index contributed by atoms with van der Waals surface area (Å²) in [6.07, 6.45) is 0.461. The molecule has 0 saturated heterocycles. The number of carbonyl (C=O) groups is 1. The number of aromatic nitrogens is 1. The van der Waals surface area contributed by atoms with Crippen molar-refractivity contribution in [3.8, 4) is 0 Å². The van der Waals surface area contributed by atoms with Crippen LogP contribution in [-0.2, 0) is 24.8 Å². The van der Waals surface area contributed by atoms with Gasteiger partial charge in [-0.1, -0.05) is 32.4 Å². The zero-order valence-corrected chi connectivity index (χ0v) is 16.8. The number of fused-ring (bicyclic) bond motifs is 1. The molecule has 1 heterocycles. The number of halogens is 1. The smallest absolute Gasteiger partial charge is 0.309 e. The molecule has 1 aromatic heterocycles. The fraction of sp³-hybridized carbons (Fsp3) is 0.556. The van der Waals surface area contributed by atoms with Gasteiger partial charge >= 0.3 is 5.97 Å². The molecule has 1 aliphatic rings. The molecule has 2 aromatic rings. The Kier molecular flexibility index (Phi) is 4.82. The topological polar surface area (TPSA) is 86.5 Å². The summed E-state index contributed by atoms with van der Waals surface area (Å²) in [7, 11) is -3.75. The van der Waals surface area contributed by atoms with Crippen LogP contribution in [0.1, 0.15) is 46.4 Å². The van der Waals surface area contributed by atoms with Gasteiger partial charge in [0.1, 0.15) is 10.4 Å². The molecule has 0 aliphatic heterocycles. The maximum atomic E-state index is 13.1. The molecule has 3 rings (SSSR count). The van der Waals surface area contributed by atoms with E-state index in [1.807, 2.05) is 20.8 Å². The van der Waals surface area contributed by atoms with Crippen molar-refractivity contribution in [3.63, 3.8) is 0 Å². The van der Waals surface area contributed by atoms with Crippen LogP contribution in [0.4, 0.5) is 0 Å². The molecule has 142 valence electrons. The lowest BCUT2D eigenvalue weighted by molar-refractivity contribution is -0.150. The van der Waals surface area contributed by atoms with Gasteiger partial charge in [0.2, 0.25) is 5.89 Å². The summed E-state index contributed by atoms with van der Waals surface area (Å²) in [6, 6.07) is 3.17. The summed E-state index contributed by atoms with van der Waals surface area (Å²) in [5, 5.41) is -0.572. The number of benzene rings is 1. The Morgan fingerprint density at radius 2 is 2.00 bits per heavy atom. The minimum atomic E-state index is -3.75. The van der Waals surface area contributed by atoms with Crippen molar-refractivity contribution in [2.45, 2.75) is 56.1 Å². The van der Waals surface area contributed by atoms with Crippen LogP contribution >= 0.6 is 11.6 Å². The lowest BCUT2D eigenvalue weighted by atomic mass is 9.85. The van der Waals surface area contributed by atoms with Crippen LogP contribution in [0.5, 0.6) is 0 Å². The third-order valence-electron chi connectivity index (χ3n) is 4.54. The van der Waals surface area contributed by atoms with Crippen LogP contribution in [-0.4, -0.2) is 31.2 Å². The SMILES string of the molecule is CCOC(=O)C1CC(S(=O)(=O)c2c(Cl)ccc3nc(C(C)(C)C)oc23)C1. The number of nitrogens with zero attached hydrogens (tertiary/aromatic N) is 1. The first-order valence-corrected chi connectivity index (χ1v) is 10.5. The van der Waals surface area contributed by atoms with E-state index < -0.39 is 15.1 Å². The maximum absolute atomic E-state index is 13.1. The van der Waals surface area contributed by atoms with Gasteiger partial charge in [-0.25, -0.2) is 13.4 Å². The van der Waals surface area contributed by atoms with E-state index in [-0.39, 0.29) is 52.3 Å². The minimum Gasteiger partial charge on any atom is -0.466 e. The van der Waals surface area contributed by atoms with Gasteiger partial charge in [-0.05, 0) is 31.9 Å². The number of hydrogen-bond acceptors (Lipinski definition) is 6. The molecular weight excluding hydrogens is 378 g/mol. The molecule has 8 heteroatoms. The molecule has 1 aromatic carbocycles. The average molecular weight is 400 g/mol. The Bertz CT molecular complexity index is 952. The number of rotatable bonds is 4. The molecule has 0 bridgehead atoms. The summed E-state index contributed by atoms with van der Waals surface area (Å²) in [5.41, 5.74) is 0.277. The third kappa shape index (κ3) is 3.22. The molecular formula is C18H22ClNO5S. The fourth-order valence-electron chi connectivity index (χ4n) is 2.97. The Labute approximate surface area is 157 Å². The number of carbonyl (C=O) groups excluding carboxylic acids is 1. The lowest BCUT2D eigenvalue weighted by Gasteiger charge is -2.33. The summed E-state index contributed by atoms with van der Waals surface area (Å²) in [4.78, 5) is 16.1. The van der Waals surface area contributed by atoms with E-state index >= 15 is 0 Å². The van der Waals surface area contributed by atoms with Crippen molar-refractivity contribution >= 4 is 38.5 Å². The molecule has 0 N–H and O–H groups in total. The van der Waals surface area contributed by atoms with Crippen LogP contribution in [0.3, 0.4) is 0 Å². The summed E-state index contributed by atoms with van der Waals surface area (Å²) in [6.45, 7) is 7.81. The Morgan fingerprint density at radius 1 is 1.35 bits per heavy atom. The highest BCUT2D eigenvalue weighted by molar-refractivity contribution is 7.92. The number of sulfone groups is 1. The van der Waals surface area contributed by atoms with Gasteiger partial charge in [-0.2, -0.15) is 0 Å². The molecule has 1 fully saturated rings. The molecule has 0 amide bonds. The lowest BCUT2D eigenvalue weighted by Crippen LogP contribution is -2.40. The van der Waals surface area contributed by atoms with Crippen molar-refractivity contribution in [3.05, 3.63) is 23.0 Å². The number of ether oxygens (including phenoxy) is 1. The summed E-state index contributed by atoms with van der Waals surface area (Å²) in [5.74, 6) is -0.283. The van der Waals surface area contributed by atoms with Gasteiger partial charge in [0.25, 0.3) is 0 Å². The van der Waals surface area contributed by atoms with Crippen molar-refractivity contribution in [2.24, 2.45) is 5.92 Å². The first kappa shape index (κ1) is 19.2. The monoisotopic (exact) mass is 399 g/mol. The van der Waals surface area contributed by atoms with Gasteiger partial charge in [-0.3, -0.25) is 4.79 Å². The van der Waals surface area contributed by atoms with E-state index in [0.717, 1.165) is 0 Å². The molecule has 1 aliphatic carbocycles. The second-order valence-corrected chi connectivity index (χ2v) is 10.2. The highest BCUT2D eigenvalue weighted by Crippen LogP contribution is 2.42. The van der Waals surface area contributed by atoms with Crippen molar-refractivity contribution < 1.29 is 22.4 Å². The van der Waals surface area contributed by atoms with Gasteiger partial charge in [0.05, 0.1) is 22.8 Å². The van der Waals surface area contributed by atoms with Crippen LogP contribution < -0.4 is 0 Å². The highest BCUT2D eigenvalue weighted by Gasteiger charge is 2.45. The maximum Gasteiger partial charge on any atom is 0.309 e. The number of hydrogen-bond donors (Lipinski definition) is 0. The zero-order chi connectivity index (χ0) is 19.3. The van der Waals surface area contributed by atoms with Gasteiger partial charge in [0, 0.05) is 5.41 Å². The van der Waals surface area contributed by atoms with E-state index in [2.05, 4.69) is 4.98 Å². The first-order chi connectivity index (χ1) is 12.1. The molecule has 1 saturated carbocycles. The average Bonchev–Trinajstić information content (AvgIpc) is 2.88. The van der Waals surface area contributed by atoms with Crippen molar-refractivity contribution in [1.29, 1.82) is 0 Å². The van der Waals surface area contributed by atoms with E-state index in [0.29, 0.717) is 11.4 Å². The van der Waals surface area contributed by atoms with Crippen LogP contribution in [0.25, 0.3) is 11.1 Å². The Balaban J connectivity index is 1.98. The normalized spacial score (nSPS) is 20.8. The number of oxazole rings is 1. The van der Waals surface area contributed by atoms with Crippen LogP contribution in [0.15, 0.2) is 21.4 Å². The van der Waals surface area contributed by atoms with E-state index in [1.165, 1.54) is 6.07 Å². The van der Waals surface area contributed by atoms with E-state index in [4.69, 9.17) is 20.8 Å². The summed E-state index contributed by atoms with van der Waals surface area (Å²) >= 11 is 6.23. The fourth-order valence-corrected chi connectivity index (χ4v) is 5.49. The Morgan fingerprint density at radius 3 is 2.58 bits per heavy atom.